The maximum atomic E-state index is 12.5. The van der Waals surface area contributed by atoms with Gasteiger partial charge in [-0.05, 0) is 41.0 Å². The molecule has 1 heterocycles. The summed E-state index contributed by atoms with van der Waals surface area (Å²) in [5, 5.41) is 0. The van der Waals surface area contributed by atoms with E-state index in [4.69, 9.17) is 23.7 Å². The second kappa shape index (κ2) is 11.0. The molecule has 0 bridgehead atoms. The average molecular weight is 438 g/mol. The monoisotopic (exact) mass is 438 g/mol. The Hall–Kier alpha value is -3.74. The first kappa shape index (κ1) is 22.9. The van der Waals surface area contributed by atoms with Crippen LogP contribution in [0.15, 0.2) is 55.1 Å². The van der Waals surface area contributed by atoms with Crippen molar-refractivity contribution in [2.45, 2.75) is 18.9 Å². The van der Waals surface area contributed by atoms with Crippen molar-refractivity contribution >= 4 is 18.0 Å². The third-order valence-electron chi connectivity index (χ3n) is 4.87. The Bertz CT molecular complexity index is 1010. The third kappa shape index (κ3) is 5.91. The normalized spacial score (nSPS) is 13.1. The van der Waals surface area contributed by atoms with E-state index in [9.17, 15) is 9.59 Å². The molecule has 1 unspecified atom stereocenters. The van der Waals surface area contributed by atoms with Crippen molar-refractivity contribution in [3.63, 3.8) is 0 Å². The van der Waals surface area contributed by atoms with Crippen molar-refractivity contribution in [1.82, 2.24) is 0 Å². The summed E-state index contributed by atoms with van der Waals surface area (Å²) in [5.74, 6) is 0.563. The van der Waals surface area contributed by atoms with E-state index in [1.807, 2.05) is 18.2 Å². The fourth-order valence-corrected chi connectivity index (χ4v) is 3.26. The van der Waals surface area contributed by atoms with Gasteiger partial charge in [-0.1, -0.05) is 30.9 Å². The second-order valence-corrected chi connectivity index (χ2v) is 7.04. The van der Waals surface area contributed by atoms with Crippen molar-refractivity contribution < 1.29 is 33.3 Å². The highest BCUT2D eigenvalue weighted by molar-refractivity contribution is 5.89. The van der Waals surface area contributed by atoms with Crippen molar-refractivity contribution in [2.75, 3.05) is 27.4 Å². The molecule has 0 radical (unpaired) electrons. The fraction of sp³-hybridized carbons (Fsp3) is 0.280. The molecule has 1 atom stereocenters. The second-order valence-electron chi connectivity index (χ2n) is 7.04. The van der Waals surface area contributed by atoms with E-state index in [-0.39, 0.29) is 13.0 Å². The molecule has 32 heavy (non-hydrogen) atoms. The molecule has 0 amide bonds. The number of carbonyl (C=O) groups is 2. The van der Waals surface area contributed by atoms with Gasteiger partial charge in [-0.2, -0.15) is 0 Å². The standard InChI is InChI=1S/C25H26O7/c1-4-12-31-25(27)23(16-18-6-9-20(28-2)22(15-18)29-3)32-24(26)10-7-17-5-8-19-11-13-30-21(19)14-17/h4-10,14-15,23H,1,11-13,16H2,2-3H3/b10-7+. The van der Waals surface area contributed by atoms with Crippen LogP contribution in [0.5, 0.6) is 17.2 Å². The number of methoxy groups -OCH3 is 2. The molecule has 0 fully saturated rings. The molecule has 7 heteroatoms. The van der Waals surface area contributed by atoms with Crippen LogP contribution < -0.4 is 14.2 Å². The molecule has 2 aromatic carbocycles. The number of hydrogen-bond acceptors (Lipinski definition) is 7. The van der Waals surface area contributed by atoms with Crippen LogP contribution in [0.25, 0.3) is 6.08 Å². The van der Waals surface area contributed by atoms with Crippen LogP contribution in [0.1, 0.15) is 16.7 Å². The van der Waals surface area contributed by atoms with E-state index in [0.717, 1.165) is 28.9 Å². The summed E-state index contributed by atoms with van der Waals surface area (Å²) >= 11 is 0. The van der Waals surface area contributed by atoms with Gasteiger partial charge in [0, 0.05) is 18.9 Å². The van der Waals surface area contributed by atoms with Gasteiger partial charge in [0.1, 0.15) is 12.4 Å². The lowest BCUT2D eigenvalue weighted by atomic mass is 10.1. The summed E-state index contributed by atoms with van der Waals surface area (Å²) in [6.45, 7) is 4.21. The zero-order chi connectivity index (χ0) is 22.9. The van der Waals surface area contributed by atoms with E-state index in [1.165, 1.54) is 26.4 Å². The van der Waals surface area contributed by atoms with Gasteiger partial charge in [-0.3, -0.25) is 0 Å². The minimum atomic E-state index is -1.13. The topological polar surface area (TPSA) is 80.3 Å². The number of hydrogen-bond donors (Lipinski definition) is 0. The lowest BCUT2D eigenvalue weighted by Gasteiger charge is -2.17. The zero-order valence-electron chi connectivity index (χ0n) is 18.2. The van der Waals surface area contributed by atoms with Gasteiger partial charge in [0.05, 0.1) is 20.8 Å². The maximum Gasteiger partial charge on any atom is 0.348 e. The molecule has 0 spiro atoms. The maximum absolute atomic E-state index is 12.5. The van der Waals surface area contributed by atoms with Gasteiger partial charge in [-0.15, -0.1) is 0 Å². The van der Waals surface area contributed by atoms with Gasteiger partial charge in [-0.25, -0.2) is 9.59 Å². The van der Waals surface area contributed by atoms with Gasteiger partial charge in [0.15, 0.2) is 11.5 Å². The number of ether oxygens (including phenoxy) is 5. The predicted octanol–water partition coefficient (Wildman–Crippen LogP) is 3.54. The summed E-state index contributed by atoms with van der Waals surface area (Å²) in [6, 6.07) is 10.9. The summed E-state index contributed by atoms with van der Waals surface area (Å²) in [5.41, 5.74) is 2.66. The van der Waals surface area contributed by atoms with Crippen molar-refractivity contribution in [2.24, 2.45) is 0 Å². The lowest BCUT2D eigenvalue weighted by Crippen LogP contribution is -2.31. The molecular formula is C25H26O7. The molecule has 2 aromatic rings. The molecule has 3 rings (SSSR count). The van der Waals surface area contributed by atoms with Crippen LogP contribution in [-0.2, 0) is 31.9 Å². The Balaban J connectivity index is 1.71. The third-order valence-corrected chi connectivity index (χ3v) is 4.87. The number of carbonyl (C=O) groups excluding carboxylic acids is 2. The fourth-order valence-electron chi connectivity index (χ4n) is 3.26. The van der Waals surface area contributed by atoms with E-state index in [0.29, 0.717) is 18.1 Å². The van der Waals surface area contributed by atoms with Crippen LogP contribution in [0.3, 0.4) is 0 Å². The van der Waals surface area contributed by atoms with Crippen LogP contribution in [0.2, 0.25) is 0 Å². The molecule has 1 aliphatic heterocycles. The van der Waals surface area contributed by atoms with Gasteiger partial charge in [0.25, 0.3) is 0 Å². The molecule has 0 N–H and O–H groups in total. The lowest BCUT2D eigenvalue weighted by molar-refractivity contribution is -0.164. The highest BCUT2D eigenvalue weighted by Crippen LogP contribution is 2.29. The molecule has 1 aliphatic rings. The van der Waals surface area contributed by atoms with Gasteiger partial charge in [0.2, 0.25) is 6.10 Å². The summed E-state index contributed by atoms with van der Waals surface area (Å²) < 4.78 is 26.6. The largest absolute Gasteiger partial charge is 0.493 e. The van der Waals surface area contributed by atoms with E-state index < -0.39 is 18.0 Å². The van der Waals surface area contributed by atoms with Crippen molar-refractivity contribution in [3.05, 3.63) is 71.8 Å². The van der Waals surface area contributed by atoms with Crippen LogP contribution in [0.4, 0.5) is 0 Å². The summed E-state index contributed by atoms with van der Waals surface area (Å²) in [6.07, 6.45) is 4.21. The molecule has 0 saturated carbocycles. The first-order chi connectivity index (χ1) is 15.5. The average Bonchev–Trinajstić information content (AvgIpc) is 3.28. The first-order valence-corrected chi connectivity index (χ1v) is 10.2. The van der Waals surface area contributed by atoms with Crippen LogP contribution in [0, 0.1) is 0 Å². The van der Waals surface area contributed by atoms with Crippen molar-refractivity contribution in [3.8, 4) is 17.2 Å². The number of fused-ring (bicyclic) bond motifs is 1. The summed E-state index contributed by atoms with van der Waals surface area (Å²) in [7, 11) is 3.06. The Labute approximate surface area is 187 Å². The number of benzene rings is 2. The molecule has 7 nitrogen and oxygen atoms in total. The van der Waals surface area contributed by atoms with Crippen LogP contribution >= 0.6 is 0 Å². The highest BCUT2D eigenvalue weighted by atomic mass is 16.6. The Kier molecular flexibility index (Phi) is 7.91. The quantitative estimate of drug-likeness (QED) is 0.319. The van der Waals surface area contributed by atoms with E-state index >= 15 is 0 Å². The molecule has 0 saturated heterocycles. The Morgan fingerprint density at radius 1 is 1.12 bits per heavy atom. The predicted molar refractivity (Wildman–Crippen MR) is 119 cm³/mol. The molecular weight excluding hydrogens is 412 g/mol. The Morgan fingerprint density at radius 3 is 2.69 bits per heavy atom. The number of rotatable bonds is 10. The van der Waals surface area contributed by atoms with Gasteiger partial charge < -0.3 is 23.7 Å². The first-order valence-electron chi connectivity index (χ1n) is 10.2. The smallest absolute Gasteiger partial charge is 0.348 e. The molecule has 0 aromatic heterocycles. The highest BCUT2D eigenvalue weighted by Gasteiger charge is 2.25. The minimum absolute atomic E-state index is 0.0176. The molecule has 0 aliphatic carbocycles. The SMILES string of the molecule is C=CCOC(=O)C(Cc1ccc(OC)c(OC)c1)OC(=O)/C=C/c1ccc2c(c1)OCC2. The Morgan fingerprint density at radius 2 is 1.94 bits per heavy atom. The van der Waals surface area contributed by atoms with E-state index in [2.05, 4.69) is 6.58 Å². The van der Waals surface area contributed by atoms with E-state index in [1.54, 1.807) is 24.3 Å². The van der Waals surface area contributed by atoms with Gasteiger partial charge >= 0.3 is 11.9 Å². The van der Waals surface area contributed by atoms with Crippen molar-refractivity contribution in [1.29, 1.82) is 0 Å². The van der Waals surface area contributed by atoms with Crippen LogP contribution in [-0.4, -0.2) is 45.5 Å². The minimum Gasteiger partial charge on any atom is -0.493 e. The number of esters is 2. The molecule has 168 valence electrons. The summed E-state index contributed by atoms with van der Waals surface area (Å²) in [4.78, 5) is 24.9. The zero-order valence-corrected chi connectivity index (χ0v) is 18.2.